The van der Waals surface area contributed by atoms with Crippen molar-refractivity contribution in [3.05, 3.63) is 199 Å². The van der Waals surface area contributed by atoms with E-state index in [0.29, 0.717) is 0 Å². The van der Waals surface area contributed by atoms with Gasteiger partial charge >= 0.3 is 0 Å². The monoisotopic (exact) mass is 703 g/mol. The van der Waals surface area contributed by atoms with Crippen molar-refractivity contribution in [1.29, 1.82) is 0 Å². The van der Waals surface area contributed by atoms with Crippen LogP contribution in [0.3, 0.4) is 0 Å². The first kappa shape index (κ1) is 31.6. The minimum Gasteiger partial charge on any atom is -0.455 e. The highest BCUT2D eigenvalue weighted by Crippen LogP contribution is 2.52. The number of hydrogen-bond donors (Lipinski definition) is 0. The lowest BCUT2D eigenvalue weighted by atomic mass is 9.82. The van der Waals surface area contributed by atoms with E-state index in [9.17, 15) is 0 Å². The Balaban J connectivity index is 1.23. The summed E-state index contributed by atoms with van der Waals surface area (Å²) >= 11 is 0. The Hall–Kier alpha value is -6.90. The van der Waals surface area contributed by atoms with Crippen LogP contribution in [0.5, 0.6) is 0 Å². The Morgan fingerprint density at radius 3 is 1.87 bits per heavy atom. The summed E-state index contributed by atoms with van der Waals surface area (Å²) in [7, 11) is 0. The Morgan fingerprint density at radius 2 is 1.05 bits per heavy atom. The predicted molar refractivity (Wildman–Crippen MR) is 232 cm³/mol. The van der Waals surface area contributed by atoms with Gasteiger partial charge in [-0.15, -0.1) is 0 Å². The molecule has 0 bridgehead atoms. The van der Waals surface area contributed by atoms with Gasteiger partial charge in [-0.05, 0) is 97.7 Å². The highest BCUT2D eigenvalue weighted by molar-refractivity contribution is 6.23. The topological polar surface area (TPSA) is 16.4 Å². The number of hydrogen-bond acceptors (Lipinski definition) is 2. The van der Waals surface area contributed by atoms with Crippen molar-refractivity contribution in [3.63, 3.8) is 0 Å². The van der Waals surface area contributed by atoms with Gasteiger partial charge in [0.05, 0.1) is 5.69 Å². The fraction of sp³-hybridized carbons (Fsp3) is 0.0566. The summed E-state index contributed by atoms with van der Waals surface area (Å²) in [5.41, 5.74) is 15.0. The van der Waals surface area contributed by atoms with E-state index >= 15 is 0 Å². The van der Waals surface area contributed by atoms with Crippen molar-refractivity contribution in [3.8, 4) is 33.4 Å². The summed E-state index contributed by atoms with van der Waals surface area (Å²) in [6.07, 6.45) is 0. The third-order valence-electron chi connectivity index (χ3n) is 11.8. The second kappa shape index (κ2) is 12.1. The summed E-state index contributed by atoms with van der Waals surface area (Å²) in [5.74, 6) is 0. The Morgan fingerprint density at radius 1 is 0.418 bits per heavy atom. The molecule has 11 rings (SSSR count). The van der Waals surface area contributed by atoms with Crippen LogP contribution in [-0.2, 0) is 5.41 Å². The van der Waals surface area contributed by atoms with Crippen molar-refractivity contribution < 1.29 is 4.42 Å². The Bertz CT molecular complexity index is 3120. The SMILES string of the molecule is CC1(C)c2ccccc2-c2ccc(N(c3ccc4ccccc4c3)c3cc4c(oc5cc(-c6ccccc6)cc(-c6ccccc6)c54)c4ccccc34)cc21. The molecule has 1 aliphatic carbocycles. The third kappa shape index (κ3) is 4.88. The average molecular weight is 704 g/mol. The molecule has 1 aromatic heterocycles. The molecule has 260 valence electrons. The maximum Gasteiger partial charge on any atom is 0.143 e. The molecule has 0 unspecified atom stereocenters. The molecule has 0 saturated heterocycles. The zero-order valence-electron chi connectivity index (χ0n) is 30.8. The van der Waals surface area contributed by atoms with Crippen LogP contribution in [0.2, 0.25) is 0 Å². The second-order valence-corrected chi connectivity index (χ2v) is 15.3. The van der Waals surface area contributed by atoms with Crippen molar-refractivity contribution >= 4 is 60.5 Å². The van der Waals surface area contributed by atoms with E-state index in [2.05, 4.69) is 207 Å². The number of nitrogens with zero attached hydrogens (tertiary/aromatic N) is 1. The molecule has 1 aliphatic rings. The van der Waals surface area contributed by atoms with Gasteiger partial charge in [-0.2, -0.15) is 0 Å². The van der Waals surface area contributed by atoms with E-state index in [1.807, 2.05) is 0 Å². The molecule has 0 amide bonds. The highest BCUT2D eigenvalue weighted by atomic mass is 16.3. The van der Waals surface area contributed by atoms with Crippen LogP contribution in [0.1, 0.15) is 25.0 Å². The van der Waals surface area contributed by atoms with Gasteiger partial charge in [0.15, 0.2) is 0 Å². The van der Waals surface area contributed by atoms with E-state index < -0.39 is 0 Å². The number of anilines is 3. The molecule has 0 atom stereocenters. The molecule has 0 N–H and O–H groups in total. The smallest absolute Gasteiger partial charge is 0.143 e. The lowest BCUT2D eigenvalue weighted by molar-refractivity contribution is 0.660. The maximum absolute atomic E-state index is 7.00. The maximum atomic E-state index is 7.00. The van der Waals surface area contributed by atoms with Crippen molar-refractivity contribution in [2.75, 3.05) is 4.90 Å². The van der Waals surface area contributed by atoms with Gasteiger partial charge in [-0.1, -0.05) is 159 Å². The van der Waals surface area contributed by atoms with Gasteiger partial charge in [0.2, 0.25) is 0 Å². The lowest BCUT2D eigenvalue weighted by Crippen LogP contribution is -2.16. The highest BCUT2D eigenvalue weighted by Gasteiger charge is 2.36. The van der Waals surface area contributed by atoms with Gasteiger partial charge in [-0.3, -0.25) is 0 Å². The first-order valence-corrected chi connectivity index (χ1v) is 19.1. The average Bonchev–Trinajstić information content (AvgIpc) is 3.73. The molecule has 0 fully saturated rings. The number of rotatable bonds is 5. The summed E-state index contributed by atoms with van der Waals surface area (Å²) < 4.78 is 7.00. The van der Waals surface area contributed by atoms with E-state index in [1.165, 1.54) is 33.0 Å². The van der Waals surface area contributed by atoms with Crippen molar-refractivity contribution in [2.24, 2.45) is 0 Å². The lowest BCUT2D eigenvalue weighted by Gasteiger charge is -2.29. The molecule has 0 radical (unpaired) electrons. The standard InChI is InChI=1S/C53H37NO/c1-53(2)47-24-14-13-21-41(47)42-28-27-40(32-48(42)53)54(39-26-25-35-17-9-10-20-37(35)29-39)49-33-46-51-45(36-18-7-4-8-19-36)30-38(34-15-5-3-6-16-34)31-50(51)55-52(46)44-23-12-11-22-43(44)49/h3-33H,1-2H3. The van der Waals surface area contributed by atoms with Crippen LogP contribution in [0.4, 0.5) is 17.1 Å². The summed E-state index contributed by atoms with van der Waals surface area (Å²) in [6, 6.07) is 68.4. The van der Waals surface area contributed by atoms with Crippen molar-refractivity contribution in [2.45, 2.75) is 19.3 Å². The van der Waals surface area contributed by atoms with Gasteiger partial charge in [0.25, 0.3) is 0 Å². The Kier molecular flexibility index (Phi) is 6.93. The molecule has 0 saturated carbocycles. The molecule has 0 aliphatic heterocycles. The third-order valence-corrected chi connectivity index (χ3v) is 11.8. The normalized spacial score (nSPS) is 13.1. The van der Waals surface area contributed by atoms with Gasteiger partial charge in [0, 0.05) is 38.3 Å². The van der Waals surface area contributed by atoms with Crippen LogP contribution >= 0.6 is 0 Å². The largest absolute Gasteiger partial charge is 0.455 e. The zero-order valence-corrected chi connectivity index (χ0v) is 30.8. The van der Waals surface area contributed by atoms with Crippen LogP contribution in [0.15, 0.2) is 192 Å². The minimum absolute atomic E-state index is 0.134. The molecule has 55 heavy (non-hydrogen) atoms. The first-order valence-electron chi connectivity index (χ1n) is 19.1. The first-order chi connectivity index (χ1) is 27.0. The van der Waals surface area contributed by atoms with E-state index in [4.69, 9.17) is 4.42 Å². The summed E-state index contributed by atoms with van der Waals surface area (Å²) in [4.78, 5) is 2.47. The fourth-order valence-corrected chi connectivity index (χ4v) is 9.11. The van der Waals surface area contributed by atoms with Gasteiger partial charge < -0.3 is 9.32 Å². The van der Waals surface area contributed by atoms with Crippen LogP contribution in [-0.4, -0.2) is 0 Å². The molecular weight excluding hydrogens is 667 g/mol. The number of benzene rings is 9. The van der Waals surface area contributed by atoms with E-state index in [0.717, 1.165) is 72.0 Å². The van der Waals surface area contributed by atoms with Crippen LogP contribution < -0.4 is 4.90 Å². The molecule has 9 aromatic carbocycles. The molecule has 0 spiro atoms. The van der Waals surface area contributed by atoms with E-state index in [1.54, 1.807) is 0 Å². The molecule has 1 heterocycles. The second-order valence-electron chi connectivity index (χ2n) is 15.3. The van der Waals surface area contributed by atoms with Crippen LogP contribution in [0, 0.1) is 0 Å². The molecule has 2 heteroatoms. The Labute approximate surface area is 320 Å². The molecule has 10 aromatic rings. The molecular formula is C53H37NO. The summed E-state index contributed by atoms with van der Waals surface area (Å²) in [6.45, 7) is 4.71. The number of fused-ring (bicyclic) bond motifs is 9. The summed E-state index contributed by atoms with van der Waals surface area (Å²) in [5, 5.41) is 6.87. The quantitative estimate of drug-likeness (QED) is 0.177. The van der Waals surface area contributed by atoms with Crippen LogP contribution in [0.25, 0.3) is 76.9 Å². The zero-order chi connectivity index (χ0) is 36.7. The fourth-order valence-electron chi connectivity index (χ4n) is 9.11. The predicted octanol–water partition coefficient (Wildman–Crippen LogP) is 15.0. The van der Waals surface area contributed by atoms with Gasteiger partial charge in [-0.25, -0.2) is 0 Å². The van der Waals surface area contributed by atoms with Crippen molar-refractivity contribution in [1.82, 2.24) is 0 Å². The van der Waals surface area contributed by atoms with E-state index in [-0.39, 0.29) is 5.41 Å². The van der Waals surface area contributed by atoms with Gasteiger partial charge in [0.1, 0.15) is 11.2 Å². The minimum atomic E-state index is -0.134. The number of furan rings is 1. The molecule has 2 nitrogen and oxygen atoms in total.